The van der Waals surface area contributed by atoms with Crippen molar-refractivity contribution in [1.29, 1.82) is 0 Å². The zero-order chi connectivity index (χ0) is 14.2. The molecular formula is C18H26O2. The second-order valence-corrected chi connectivity index (χ2v) is 6.98. The fourth-order valence-electron chi connectivity index (χ4n) is 3.36. The van der Waals surface area contributed by atoms with Gasteiger partial charge >= 0.3 is 0 Å². The Kier molecular flexibility index (Phi) is 3.76. The summed E-state index contributed by atoms with van der Waals surface area (Å²) >= 11 is 0. The van der Waals surface area contributed by atoms with E-state index < -0.39 is 5.60 Å². The number of ether oxygens (including phenoxy) is 1. The quantitative estimate of drug-likeness (QED) is 0.889. The van der Waals surface area contributed by atoms with E-state index in [0.29, 0.717) is 17.9 Å². The van der Waals surface area contributed by atoms with E-state index in [0.717, 1.165) is 30.6 Å². The summed E-state index contributed by atoms with van der Waals surface area (Å²) in [5, 5.41) is 11.1. The van der Waals surface area contributed by atoms with Crippen LogP contribution in [0.5, 0.6) is 5.75 Å². The van der Waals surface area contributed by atoms with Gasteiger partial charge in [-0.2, -0.15) is 0 Å². The normalized spacial score (nSPS) is 30.5. The van der Waals surface area contributed by atoms with Crippen molar-refractivity contribution >= 4 is 0 Å². The molecule has 0 spiro atoms. The van der Waals surface area contributed by atoms with E-state index in [-0.39, 0.29) is 0 Å². The van der Waals surface area contributed by atoms with Crippen molar-refractivity contribution in [3.8, 4) is 5.75 Å². The molecule has 1 N–H and O–H groups in total. The third-order valence-electron chi connectivity index (χ3n) is 4.91. The lowest BCUT2D eigenvalue weighted by molar-refractivity contribution is -0.0297. The molecule has 0 bridgehead atoms. The highest BCUT2D eigenvalue weighted by atomic mass is 16.5. The largest absolute Gasteiger partial charge is 0.490 e. The lowest BCUT2D eigenvalue weighted by Crippen LogP contribution is -2.34. The van der Waals surface area contributed by atoms with E-state index >= 15 is 0 Å². The Morgan fingerprint density at radius 1 is 1.25 bits per heavy atom. The van der Waals surface area contributed by atoms with Crippen LogP contribution in [0.15, 0.2) is 24.3 Å². The minimum atomic E-state index is -0.657. The number of hydrogen-bond donors (Lipinski definition) is 1. The van der Waals surface area contributed by atoms with Gasteiger partial charge in [0.05, 0.1) is 11.7 Å². The van der Waals surface area contributed by atoms with E-state index in [4.69, 9.17) is 4.74 Å². The monoisotopic (exact) mass is 274 g/mol. The maximum absolute atomic E-state index is 11.1. The summed E-state index contributed by atoms with van der Waals surface area (Å²) in [6.45, 7) is 4.53. The van der Waals surface area contributed by atoms with E-state index in [9.17, 15) is 5.11 Å². The number of rotatable bonds is 4. The SMILES string of the molecule is CC(C)C1CCCC(O)(c2cccc(OC3CC3)c2)C1. The smallest absolute Gasteiger partial charge is 0.120 e. The fraction of sp³-hybridized carbons (Fsp3) is 0.667. The van der Waals surface area contributed by atoms with Gasteiger partial charge in [0.25, 0.3) is 0 Å². The molecule has 2 aliphatic carbocycles. The molecule has 0 aliphatic heterocycles. The van der Waals surface area contributed by atoms with Crippen LogP contribution in [0.1, 0.15) is 57.9 Å². The summed E-state index contributed by atoms with van der Waals surface area (Å²) in [6, 6.07) is 8.14. The third kappa shape index (κ3) is 3.01. The van der Waals surface area contributed by atoms with Crippen LogP contribution in [0.25, 0.3) is 0 Å². The summed E-state index contributed by atoms with van der Waals surface area (Å²) in [4.78, 5) is 0. The van der Waals surface area contributed by atoms with Gasteiger partial charge in [-0.25, -0.2) is 0 Å². The van der Waals surface area contributed by atoms with Crippen molar-refractivity contribution < 1.29 is 9.84 Å². The molecular weight excluding hydrogens is 248 g/mol. The van der Waals surface area contributed by atoms with Crippen LogP contribution in [-0.4, -0.2) is 11.2 Å². The first-order valence-electron chi connectivity index (χ1n) is 8.06. The van der Waals surface area contributed by atoms with E-state index in [1.165, 1.54) is 19.3 Å². The molecule has 2 heteroatoms. The molecule has 0 aromatic heterocycles. The summed E-state index contributed by atoms with van der Waals surface area (Å²) in [6.07, 6.45) is 6.88. The van der Waals surface area contributed by atoms with Gasteiger partial charge in [-0.15, -0.1) is 0 Å². The Hall–Kier alpha value is -1.02. The Bertz CT molecular complexity index is 464. The molecule has 0 radical (unpaired) electrons. The lowest BCUT2D eigenvalue weighted by atomic mass is 9.71. The first-order valence-corrected chi connectivity index (χ1v) is 8.06. The molecule has 0 amide bonds. The topological polar surface area (TPSA) is 29.5 Å². The van der Waals surface area contributed by atoms with E-state index in [1.807, 2.05) is 12.1 Å². The average molecular weight is 274 g/mol. The number of aliphatic hydroxyl groups is 1. The van der Waals surface area contributed by atoms with Crippen LogP contribution in [0.2, 0.25) is 0 Å². The molecule has 2 fully saturated rings. The molecule has 2 saturated carbocycles. The maximum atomic E-state index is 11.1. The molecule has 3 rings (SSSR count). The van der Waals surface area contributed by atoms with Crippen molar-refractivity contribution in [3.05, 3.63) is 29.8 Å². The Balaban J connectivity index is 1.78. The minimum absolute atomic E-state index is 0.412. The van der Waals surface area contributed by atoms with Gasteiger partial charge in [0.2, 0.25) is 0 Å². The van der Waals surface area contributed by atoms with Crippen molar-refractivity contribution in [1.82, 2.24) is 0 Å². The zero-order valence-electron chi connectivity index (χ0n) is 12.6. The van der Waals surface area contributed by atoms with Gasteiger partial charge in [-0.05, 0) is 68.1 Å². The Labute approximate surface area is 122 Å². The van der Waals surface area contributed by atoms with Crippen LogP contribution in [0.3, 0.4) is 0 Å². The highest BCUT2D eigenvalue weighted by Crippen LogP contribution is 2.43. The summed E-state index contributed by atoms with van der Waals surface area (Å²) in [5.41, 5.74) is 0.386. The van der Waals surface area contributed by atoms with Gasteiger partial charge in [0, 0.05) is 0 Å². The second kappa shape index (κ2) is 5.40. The summed E-state index contributed by atoms with van der Waals surface area (Å²) in [7, 11) is 0. The van der Waals surface area contributed by atoms with Crippen molar-refractivity contribution in [2.45, 2.75) is 64.1 Å². The molecule has 2 nitrogen and oxygen atoms in total. The van der Waals surface area contributed by atoms with Crippen molar-refractivity contribution in [2.75, 3.05) is 0 Å². The van der Waals surface area contributed by atoms with E-state index in [1.54, 1.807) is 0 Å². The number of benzene rings is 1. The molecule has 1 aromatic carbocycles. The van der Waals surface area contributed by atoms with Gasteiger partial charge in [-0.1, -0.05) is 26.0 Å². The lowest BCUT2D eigenvalue weighted by Gasteiger charge is -2.39. The number of hydrogen-bond acceptors (Lipinski definition) is 2. The van der Waals surface area contributed by atoms with Gasteiger partial charge in [-0.3, -0.25) is 0 Å². The van der Waals surface area contributed by atoms with Crippen LogP contribution in [-0.2, 0) is 5.60 Å². The average Bonchev–Trinajstić information content (AvgIpc) is 3.23. The van der Waals surface area contributed by atoms with Gasteiger partial charge in [0.1, 0.15) is 5.75 Å². The van der Waals surface area contributed by atoms with E-state index in [2.05, 4.69) is 26.0 Å². The molecule has 0 saturated heterocycles. The highest BCUT2D eigenvalue weighted by molar-refractivity contribution is 5.33. The molecule has 20 heavy (non-hydrogen) atoms. The standard InChI is InChI=1S/C18H26O2/c1-13(2)14-5-4-10-18(19,12-14)15-6-3-7-17(11-15)20-16-8-9-16/h3,6-7,11,13-14,16,19H,4-5,8-10,12H2,1-2H3. The molecule has 2 aliphatic rings. The third-order valence-corrected chi connectivity index (χ3v) is 4.91. The Morgan fingerprint density at radius 3 is 2.75 bits per heavy atom. The molecule has 1 aromatic rings. The predicted molar refractivity (Wildman–Crippen MR) is 80.8 cm³/mol. The van der Waals surface area contributed by atoms with Crippen LogP contribution >= 0.6 is 0 Å². The summed E-state index contributed by atoms with van der Waals surface area (Å²) < 4.78 is 5.86. The predicted octanol–water partition coefficient (Wildman–Crippen LogP) is 4.26. The van der Waals surface area contributed by atoms with Crippen LogP contribution in [0, 0.1) is 11.8 Å². The second-order valence-electron chi connectivity index (χ2n) is 6.98. The van der Waals surface area contributed by atoms with Gasteiger partial charge in [0.15, 0.2) is 0 Å². The first kappa shape index (κ1) is 13.9. The zero-order valence-corrected chi connectivity index (χ0v) is 12.6. The first-order chi connectivity index (χ1) is 9.57. The highest BCUT2D eigenvalue weighted by Gasteiger charge is 2.37. The minimum Gasteiger partial charge on any atom is -0.490 e. The van der Waals surface area contributed by atoms with Crippen molar-refractivity contribution in [2.24, 2.45) is 11.8 Å². The maximum Gasteiger partial charge on any atom is 0.120 e. The molecule has 2 unspecified atom stereocenters. The van der Waals surface area contributed by atoms with Gasteiger partial charge < -0.3 is 9.84 Å². The molecule has 110 valence electrons. The summed E-state index contributed by atoms with van der Waals surface area (Å²) in [5.74, 6) is 2.19. The van der Waals surface area contributed by atoms with Crippen molar-refractivity contribution in [3.63, 3.8) is 0 Å². The molecule has 0 heterocycles. The Morgan fingerprint density at radius 2 is 2.05 bits per heavy atom. The fourth-order valence-corrected chi connectivity index (χ4v) is 3.36. The van der Waals surface area contributed by atoms with Crippen LogP contribution in [0.4, 0.5) is 0 Å². The molecule has 2 atom stereocenters. The van der Waals surface area contributed by atoms with Crippen LogP contribution < -0.4 is 4.74 Å².